The fraction of sp³-hybridized carbons (Fsp3) is 0.208. The van der Waals surface area contributed by atoms with E-state index in [1.54, 1.807) is 0 Å². The molecule has 0 amide bonds. The van der Waals surface area contributed by atoms with Crippen LogP contribution in [-0.4, -0.2) is 25.2 Å². The molecule has 0 heterocycles. The van der Waals surface area contributed by atoms with Gasteiger partial charge in [0.25, 0.3) is 0 Å². The number of allylic oxidation sites excluding steroid dienone is 1. The molecule has 284 valence electrons. The molecule has 1 aliphatic rings. The number of esters is 2. The summed E-state index contributed by atoms with van der Waals surface area (Å²) in [6.07, 6.45) is 7.44. The maximum atomic E-state index is 12.0. The third kappa shape index (κ3) is 6.84. The van der Waals surface area contributed by atoms with Gasteiger partial charge >= 0.3 is 11.9 Å². The van der Waals surface area contributed by atoms with Gasteiger partial charge in [0.05, 0.1) is 13.2 Å². The number of hydrogen-bond acceptors (Lipinski definition) is 4. The maximum absolute atomic E-state index is 12.0. The molecule has 4 heteroatoms. The van der Waals surface area contributed by atoms with E-state index in [0.29, 0.717) is 19.6 Å². The van der Waals surface area contributed by atoms with E-state index in [2.05, 4.69) is 156 Å². The number of hydrogen-bond donors (Lipinski definition) is 0. The molecule has 0 bridgehead atoms. The Balaban J connectivity index is 1.19. The van der Waals surface area contributed by atoms with Crippen molar-refractivity contribution in [2.75, 3.05) is 13.2 Å². The summed E-state index contributed by atoms with van der Waals surface area (Å²) >= 11 is 0. The van der Waals surface area contributed by atoms with Crippen LogP contribution in [0.5, 0.6) is 0 Å². The van der Waals surface area contributed by atoms with Crippen LogP contribution in [-0.2, 0) is 36.3 Å². The molecule has 0 saturated heterocycles. The van der Waals surface area contributed by atoms with Crippen LogP contribution in [0.2, 0.25) is 0 Å². The summed E-state index contributed by atoms with van der Waals surface area (Å²) < 4.78 is 10.6. The number of ether oxygens (including phenoxy) is 2. The minimum Gasteiger partial charge on any atom is -0.463 e. The standard InChI is InChI=1S/C53H48O4/c1-7-48(54)56-28-10-12-34-13-15-35(16-14-34)37-20-24-43-44-25-21-38(33-47(44)53(9-3,46(43)32-37)27-11-29-57-49(55)8-2)42-23-19-36-17-18-39-30-41(52(4,5)6)31-40-22-26-45(42)51(36)50(39)40/h7-9,13-26,30-33H,1-3,10-12,27-29H2,4-6H3. The van der Waals surface area contributed by atoms with Crippen molar-refractivity contribution >= 4 is 44.3 Å². The van der Waals surface area contributed by atoms with Crippen LogP contribution in [0.3, 0.4) is 0 Å². The molecule has 1 aliphatic carbocycles. The van der Waals surface area contributed by atoms with Crippen LogP contribution in [0.25, 0.3) is 65.7 Å². The summed E-state index contributed by atoms with van der Waals surface area (Å²) in [5.41, 5.74) is 11.5. The summed E-state index contributed by atoms with van der Waals surface area (Å²) in [5, 5.41) is 7.66. The second-order valence-electron chi connectivity index (χ2n) is 16.3. The van der Waals surface area contributed by atoms with Gasteiger partial charge in [-0.2, -0.15) is 0 Å². The monoisotopic (exact) mass is 748 g/mol. The first-order chi connectivity index (χ1) is 27.5. The Bertz CT molecular complexity index is 2690. The molecule has 0 saturated carbocycles. The molecular formula is C53H48O4. The molecule has 0 radical (unpaired) electrons. The Labute approximate surface area is 335 Å². The van der Waals surface area contributed by atoms with Crippen molar-refractivity contribution in [2.24, 2.45) is 0 Å². The SMILES string of the molecule is C=CC(=O)OCCCc1ccc(-c2ccc3c(c2)C(C=C)(CCCOC(=O)C=C)c2cc(-c4ccc5ccc6cc(C(C)(C)C)cc7ccc4c5c67)ccc2-3)cc1. The van der Waals surface area contributed by atoms with Crippen LogP contribution >= 0.6 is 0 Å². The van der Waals surface area contributed by atoms with E-state index in [-0.39, 0.29) is 5.41 Å². The van der Waals surface area contributed by atoms with Crippen molar-refractivity contribution in [1.29, 1.82) is 0 Å². The number of rotatable bonds is 13. The average molecular weight is 749 g/mol. The Morgan fingerprint density at radius 1 is 0.596 bits per heavy atom. The van der Waals surface area contributed by atoms with Gasteiger partial charge in [0.2, 0.25) is 0 Å². The van der Waals surface area contributed by atoms with E-state index in [4.69, 9.17) is 9.47 Å². The van der Waals surface area contributed by atoms with Crippen LogP contribution in [0, 0.1) is 0 Å². The van der Waals surface area contributed by atoms with Crippen LogP contribution < -0.4 is 0 Å². The molecule has 1 unspecified atom stereocenters. The third-order valence-electron chi connectivity index (χ3n) is 11.8. The summed E-state index contributed by atoms with van der Waals surface area (Å²) in [4.78, 5) is 23.4. The summed E-state index contributed by atoms with van der Waals surface area (Å²) in [7, 11) is 0. The van der Waals surface area contributed by atoms with E-state index >= 15 is 0 Å². The molecule has 8 rings (SSSR count). The van der Waals surface area contributed by atoms with E-state index in [9.17, 15) is 9.59 Å². The molecule has 1 atom stereocenters. The lowest BCUT2D eigenvalue weighted by Crippen LogP contribution is -2.23. The molecule has 7 aromatic rings. The van der Waals surface area contributed by atoms with E-state index in [0.717, 1.165) is 36.0 Å². The van der Waals surface area contributed by atoms with Crippen LogP contribution in [0.1, 0.15) is 62.3 Å². The topological polar surface area (TPSA) is 52.6 Å². The van der Waals surface area contributed by atoms with E-state index in [1.165, 1.54) is 83.4 Å². The number of carbonyl (C=O) groups is 2. The van der Waals surface area contributed by atoms with Crippen LogP contribution in [0.4, 0.5) is 0 Å². The van der Waals surface area contributed by atoms with Gasteiger partial charge in [-0.05, 0) is 131 Å². The van der Waals surface area contributed by atoms with Gasteiger partial charge in [-0.15, -0.1) is 6.58 Å². The lowest BCUT2D eigenvalue weighted by Gasteiger charge is -2.29. The van der Waals surface area contributed by atoms with Crippen molar-refractivity contribution in [3.63, 3.8) is 0 Å². The molecular weight excluding hydrogens is 701 g/mol. The Hall–Kier alpha value is -6.26. The average Bonchev–Trinajstić information content (AvgIpc) is 3.50. The largest absolute Gasteiger partial charge is 0.463 e. The highest BCUT2D eigenvalue weighted by Gasteiger charge is 2.41. The summed E-state index contributed by atoms with van der Waals surface area (Å²) in [6, 6.07) is 40.7. The first kappa shape index (κ1) is 37.7. The maximum Gasteiger partial charge on any atom is 0.330 e. The third-order valence-corrected chi connectivity index (χ3v) is 11.8. The van der Waals surface area contributed by atoms with Crippen LogP contribution in [0.15, 0.2) is 147 Å². The zero-order chi connectivity index (χ0) is 39.9. The van der Waals surface area contributed by atoms with Gasteiger partial charge in [-0.3, -0.25) is 0 Å². The smallest absolute Gasteiger partial charge is 0.330 e. The first-order valence-corrected chi connectivity index (χ1v) is 19.9. The van der Waals surface area contributed by atoms with E-state index in [1.807, 2.05) is 0 Å². The first-order valence-electron chi connectivity index (χ1n) is 19.9. The van der Waals surface area contributed by atoms with Crippen molar-refractivity contribution in [3.8, 4) is 33.4 Å². The Morgan fingerprint density at radius 3 is 1.77 bits per heavy atom. The van der Waals surface area contributed by atoms with Gasteiger partial charge in [-0.25, -0.2) is 9.59 Å². The molecule has 4 nitrogen and oxygen atoms in total. The molecule has 0 aromatic heterocycles. The number of fused-ring (bicyclic) bond motifs is 3. The number of benzene rings is 7. The fourth-order valence-electron chi connectivity index (χ4n) is 8.84. The van der Waals surface area contributed by atoms with Crippen molar-refractivity contribution in [1.82, 2.24) is 0 Å². The lowest BCUT2D eigenvalue weighted by atomic mass is 9.73. The van der Waals surface area contributed by atoms with Gasteiger partial charge in [0.1, 0.15) is 0 Å². The van der Waals surface area contributed by atoms with Gasteiger partial charge in [0.15, 0.2) is 0 Å². The normalized spacial score (nSPS) is 14.7. The minimum atomic E-state index is -0.507. The van der Waals surface area contributed by atoms with Gasteiger partial charge < -0.3 is 9.47 Å². The second kappa shape index (κ2) is 15.0. The van der Waals surface area contributed by atoms with Crippen molar-refractivity contribution < 1.29 is 19.1 Å². The van der Waals surface area contributed by atoms with Gasteiger partial charge in [0, 0.05) is 17.6 Å². The molecule has 0 aliphatic heterocycles. The summed E-state index contributed by atoms with van der Waals surface area (Å²) in [5.74, 6) is -0.805. The molecule has 0 N–H and O–H groups in total. The van der Waals surface area contributed by atoms with E-state index < -0.39 is 17.4 Å². The van der Waals surface area contributed by atoms with Crippen molar-refractivity contribution in [2.45, 2.75) is 57.3 Å². The predicted molar refractivity (Wildman–Crippen MR) is 236 cm³/mol. The highest BCUT2D eigenvalue weighted by atomic mass is 16.5. The number of carbonyl (C=O) groups excluding carboxylic acids is 2. The molecule has 57 heavy (non-hydrogen) atoms. The molecule has 0 spiro atoms. The second-order valence-corrected chi connectivity index (χ2v) is 16.3. The summed E-state index contributed by atoms with van der Waals surface area (Å²) in [6.45, 7) is 19.0. The quantitative estimate of drug-likeness (QED) is 0.0387. The van der Waals surface area contributed by atoms with Gasteiger partial charge in [-0.1, -0.05) is 137 Å². The Kier molecular flexibility index (Phi) is 9.91. The Morgan fingerprint density at radius 2 is 1.14 bits per heavy atom. The fourth-order valence-corrected chi connectivity index (χ4v) is 8.84. The molecule has 7 aromatic carbocycles. The van der Waals surface area contributed by atoms with Crippen molar-refractivity contribution in [3.05, 3.63) is 169 Å². The highest BCUT2D eigenvalue weighted by Crippen LogP contribution is 2.54. The molecule has 0 fully saturated rings. The zero-order valence-corrected chi connectivity index (χ0v) is 33.1. The highest BCUT2D eigenvalue weighted by molar-refractivity contribution is 6.25. The minimum absolute atomic E-state index is 0.0551. The predicted octanol–water partition coefficient (Wildman–Crippen LogP) is 12.8. The lowest BCUT2D eigenvalue weighted by molar-refractivity contribution is -0.138. The zero-order valence-electron chi connectivity index (χ0n) is 33.1. The number of aryl methyl sites for hydroxylation is 1.